The van der Waals surface area contributed by atoms with Crippen molar-refractivity contribution in [1.29, 1.82) is 0 Å². The molecule has 2 aliphatic rings. The number of aryl methyl sites for hydroxylation is 1. The molecule has 2 heterocycles. The van der Waals surface area contributed by atoms with E-state index in [0.29, 0.717) is 6.04 Å². The van der Waals surface area contributed by atoms with Crippen LogP contribution in [-0.4, -0.2) is 62.2 Å². The van der Waals surface area contributed by atoms with E-state index in [1.807, 2.05) is 0 Å². The van der Waals surface area contributed by atoms with Crippen LogP contribution in [0.15, 0.2) is 48.5 Å². The Labute approximate surface area is 169 Å². The number of hydrogen-bond donors (Lipinski definition) is 0. The van der Waals surface area contributed by atoms with Gasteiger partial charge in [0.2, 0.25) is 0 Å². The first-order chi connectivity index (χ1) is 13.7. The molecule has 4 rings (SSSR count). The average molecular weight is 380 g/mol. The van der Waals surface area contributed by atoms with Crippen LogP contribution in [0.25, 0.3) is 0 Å². The fraction of sp³-hybridized carbons (Fsp3) is 0.500. The van der Waals surface area contributed by atoms with E-state index in [-0.39, 0.29) is 0 Å². The van der Waals surface area contributed by atoms with E-state index in [4.69, 9.17) is 4.74 Å². The quantitative estimate of drug-likeness (QED) is 0.787. The molecule has 1 atom stereocenters. The van der Waals surface area contributed by atoms with Crippen molar-refractivity contribution in [3.05, 3.63) is 59.7 Å². The maximum absolute atomic E-state index is 5.28. The van der Waals surface area contributed by atoms with Crippen LogP contribution in [0.1, 0.15) is 24.0 Å². The lowest BCUT2D eigenvalue weighted by molar-refractivity contribution is 0.0887. The first-order valence-electron chi connectivity index (χ1n) is 10.6. The van der Waals surface area contributed by atoms with Crippen molar-refractivity contribution in [3.63, 3.8) is 0 Å². The number of piperidine rings is 1. The maximum Gasteiger partial charge on any atom is 0.118 e. The lowest BCUT2D eigenvalue weighted by Gasteiger charge is -2.44. The molecule has 0 unspecified atom stereocenters. The van der Waals surface area contributed by atoms with E-state index in [1.165, 1.54) is 55.8 Å². The fourth-order valence-electron chi connectivity index (χ4n) is 4.71. The van der Waals surface area contributed by atoms with Crippen molar-refractivity contribution in [1.82, 2.24) is 9.80 Å². The molecule has 0 radical (unpaired) electrons. The van der Waals surface area contributed by atoms with Crippen LogP contribution in [0.3, 0.4) is 0 Å². The molecule has 0 saturated carbocycles. The number of methoxy groups -OCH3 is 1. The second-order valence-corrected chi connectivity index (χ2v) is 8.19. The summed E-state index contributed by atoms with van der Waals surface area (Å²) in [5.41, 5.74) is 4.18. The minimum absolute atomic E-state index is 0.700. The Bertz CT molecular complexity index is 753. The van der Waals surface area contributed by atoms with Gasteiger partial charge in [0.15, 0.2) is 0 Å². The minimum atomic E-state index is 0.700. The van der Waals surface area contributed by atoms with Gasteiger partial charge in [-0.1, -0.05) is 30.3 Å². The van der Waals surface area contributed by atoms with Crippen LogP contribution >= 0.6 is 0 Å². The van der Waals surface area contributed by atoms with Crippen LogP contribution in [0.2, 0.25) is 0 Å². The molecule has 28 heavy (non-hydrogen) atoms. The van der Waals surface area contributed by atoms with Gasteiger partial charge >= 0.3 is 0 Å². The van der Waals surface area contributed by atoms with Gasteiger partial charge in [-0.15, -0.1) is 0 Å². The van der Waals surface area contributed by atoms with Gasteiger partial charge in [0.25, 0.3) is 0 Å². The van der Waals surface area contributed by atoms with Crippen molar-refractivity contribution in [3.8, 4) is 5.75 Å². The SMILES string of the molecule is COc1ccc(CN2CCC[C@@H](N3CCN(c4ccccc4C)CC3)C2)cc1. The maximum atomic E-state index is 5.28. The highest BCUT2D eigenvalue weighted by atomic mass is 16.5. The molecule has 4 nitrogen and oxygen atoms in total. The summed E-state index contributed by atoms with van der Waals surface area (Å²) in [4.78, 5) is 7.92. The number of anilines is 1. The Morgan fingerprint density at radius 3 is 2.39 bits per heavy atom. The summed E-state index contributed by atoms with van der Waals surface area (Å²) in [7, 11) is 1.73. The summed E-state index contributed by atoms with van der Waals surface area (Å²) in [5, 5.41) is 0. The van der Waals surface area contributed by atoms with Gasteiger partial charge in [0, 0.05) is 51.0 Å². The topological polar surface area (TPSA) is 19.0 Å². The van der Waals surface area contributed by atoms with Gasteiger partial charge in [-0.3, -0.25) is 9.80 Å². The van der Waals surface area contributed by atoms with Gasteiger partial charge in [-0.05, 0) is 55.6 Å². The number of hydrogen-bond acceptors (Lipinski definition) is 4. The molecular weight excluding hydrogens is 346 g/mol. The molecule has 0 aliphatic carbocycles. The van der Waals surface area contributed by atoms with Crippen molar-refractivity contribution in [2.75, 3.05) is 51.3 Å². The highest BCUT2D eigenvalue weighted by Crippen LogP contribution is 2.24. The Morgan fingerprint density at radius 1 is 0.929 bits per heavy atom. The third kappa shape index (κ3) is 4.50. The molecule has 150 valence electrons. The number of piperazine rings is 1. The van der Waals surface area contributed by atoms with Crippen molar-refractivity contribution in [2.45, 2.75) is 32.4 Å². The van der Waals surface area contributed by atoms with Crippen LogP contribution < -0.4 is 9.64 Å². The predicted molar refractivity (Wildman–Crippen MR) is 116 cm³/mol. The lowest BCUT2D eigenvalue weighted by atomic mass is 10.0. The fourth-order valence-corrected chi connectivity index (χ4v) is 4.71. The zero-order valence-electron chi connectivity index (χ0n) is 17.3. The largest absolute Gasteiger partial charge is 0.497 e. The molecule has 2 aromatic rings. The van der Waals surface area contributed by atoms with Gasteiger partial charge in [-0.2, -0.15) is 0 Å². The van der Waals surface area contributed by atoms with Crippen LogP contribution in [-0.2, 0) is 6.54 Å². The van der Waals surface area contributed by atoms with E-state index in [2.05, 4.69) is 70.2 Å². The second kappa shape index (κ2) is 8.97. The molecule has 2 fully saturated rings. The third-order valence-corrected chi connectivity index (χ3v) is 6.33. The predicted octanol–water partition coefficient (Wildman–Crippen LogP) is 3.79. The summed E-state index contributed by atoms with van der Waals surface area (Å²) in [6.07, 6.45) is 2.64. The first kappa shape index (κ1) is 19.3. The van der Waals surface area contributed by atoms with Crippen LogP contribution in [0, 0.1) is 6.92 Å². The molecule has 2 aliphatic heterocycles. The van der Waals surface area contributed by atoms with Gasteiger partial charge in [0.05, 0.1) is 7.11 Å². The molecule has 2 saturated heterocycles. The Hall–Kier alpha value is -2.04. The van der Waals surface area contributed by atoms with Crippen LogP contribution in [0.5, 0.6) is 5.75 Å². The molecular formula is C24H33N3O. The smallest absolute Gasteiger partial charge is 0.118 e. The number of benzene rings is 2. The molecule has 0 aromatic heterocycles. The minimum Gasteiger partial charge on any atom is -0.497 e. The highest BCUT2D eigenvalue weighted by molar-refractivity contribution is 5.53. The Balaban J connectivity index is 1.31. The van der Waals surface area contributed by atoms with Crippen molar-refractivity contribution < 1.29 is 4.74 Å². The van der Waals surface area contributed by atoms with E-state index in [1.54, 1.807) is 7.11 Å². The van der Waals surface area contributed by atoms with E-state index in [9.17, 15) is 0 Å². The van der Waals surface area contributed by atoms with Crippen molar-refractivity contribution in [2.24, 2.45) is 0 Å². The zero-order valence-corrected chi connectivity index (χ0v) is 17.3. The molecule has 0 spiro atoms. The number of ether oxygens (including phenoxy) is 1. The monoisotopic (exact) mass is 379 g/mol. The Kier molecular flexibility index (Phi) is 6.18. The first-order valence-corrected chi connectivity index (χ1v) is 10.6. The van der Waals surface area contributed by atoms with Gasteiger partial charge in [0.1, 0.15) is 5.75 Å². The van der Waals surface area contributed by atoms with Crippen molar-refractivity contribution >= 4 is 5.69 Å². The number of rotatable bonds is 5. The number of nitrogens with zero attached hydrogens (tertiary/aromatic N) is 3. The summed E-state index contributed by atoms with van der Waals surface area (Å²) < 4.78 is 5.28. The summed E-state index contributed by atoms with van der Waals surface area (Å²) in [6.45, 7) is 10.3. The van der Waals surface area contributed by atoms with Gasteiger partial charge in [-0.25, -0.2) is 0 Å². The summed E-state index contributed by atoms with van der Waals surface area (Å²) in [6, 6.07) is 18.0. The van der Waals surface area contributed by atoms with Gasteiger partial charge < -0.3 is 9.64 Å². The number of para-hydroxylation sites is 1. The van der Waals surface area contributed by atoms with E-state index < -0.39 is 0 Å². The molecule has 0 amide bonds. The lowest BCUT2D eigenvalue weighted by Crippen LogP contribution is -2.55. The summed E-state index contributed by atoms with van der Waals surface area (Å²) >= 11 is 0. The second-order valence-electron chi connectivity index (χ2n) is 8.19. The van der Waals surface area contributed by atoms with E-state index in [0.717, 1.165) is 25.4 Å². The normalized spacial score (nSPS) is 21.6. The summed E-state index contributed by atoms with van der Waals surface area (Å²) in [5.74, 6) is 0.937. The average Bonchev–Trinajstić information content (AvgIpc) is 2.75. The third-order valence-electron chi connectivity index (χ3n) is 6.33. The highest BCUT2D eigenvalue weighted by Gasteiger charge is 2.28. The zero-order chi connectivity index (χ0) is 19.3. The van der Waals surface area contributed by atoms with Crippen LogP contribution in [0.4, 0.5) is 5.69 Å². The van der Waals surface area contributed by atoms with E-state index >= 15 is 0 Å². The Morgan fingerprint density at radius 2 is 1.68 bits per heavy atom. The molecule has 0 N–H and O–H groups in total. The molecule has 2 aromatic carbocycles. The number of likely N-dealkylation sites (tertiary alicyclic amines) is 1. The molecule has 0 bridgehead atoms. The standard InChI is InChI=1S/C24H33N3O/c1-20-6-3-4-8-24(20)27-16-14-26(15-17-27)22-7-5-13-25(19-22)18-21-9-11-23(28-2)12-10-21/h3-4,6,8-12,22H,5,7,13-19H2,1-2H3/t22-/m1/s1. The molecule has 4 heteroatoms.